The molecule has 4 aliphatic rings. The Morgan fingerprint density at radius 1 is 1.24 bits per heavy atom. The first kappa shape index (κ1) is 10.3. The molecule has 2 saturated carbocycles. The third-order valence-corrected chi connectivity index (χ3v) is 4.95. The second kappa shape index (κ2) is 3.23. The summed E-state index contributed by atoms with van der Waals surface area (Å²) < 4.78 is 0. The van der Waals surface area contributed by atoms with Crippen LogP contribution in [0.2, 0.25) is 0 Å². The Kier molecular flexibility index (Phi) is 1.96. The van der Waals surface area contributed by atoms with E-state index in [2.05, 4.69) is 22.0 Å². The average Bonchev–Trinajstić information content (AvgIpc) is 3.19. The Hall–Kier alpha value is -0.610. The third kappa shape index (κ3) is 1.47. The highest BCUT2D eigenvalue weighted by Crippen LogP contribution is 2.43. The van der Waals surface area contributed by atoms with Gasteiger partial charge in [-0.1, -0.05) is 0 Å². The molecule has 2 unspecified atom stereocenters. The van der Waals surface area contributed by atoms with Gasteiger partial charge in [-0.15, -0.1) is 0 Å². The fourth-order valence-corrected chi connectivity index (χ4v) is 3.69. The molecular weight excluding hydrogens is 214 g/mol. The summed E-state index contributed by atoms with van der Waals surface area (Å²) in [7, 11) is 0. The molecule has 4 heteroatoms. The van der Waals surface area contributed by atoms with E-state index < -0.39 is 0 Å². The van der Waals surface area contributed by atoms with Gasteiger partial charge in [-0.05, 0) is 39.0 Å². The van der Waals surface area contributed by atoms with Crippen LogP contribution in [-0.4, -0.2) is 52.6 Å². The summed E-state index contributed by atoms with van der Waals surface area (Å²) in [5.41, 5.74) is -0.133. The number of hydrogen-bond acceptors (Lipinski definition) is 3. The van der Waals surface area contributed by atoms with Crippen LogP contribution in [0, 0.1) is 0 Å². The third-order valence-electron chi connectivity index (χ3n) is 4.95. The van der Waals surface area contributed by atoms with Crippen LogP contribution in [0.3, 0.4) is 0 Å². The standard InChI is InChI=1S/C13H21N3O/c1-9-14-13(5-6-13)12(17)16(9)11-4-7-15(8-11)10-2-3-10/h9-11,14H,2-8H2,1H3. The Morgan fingerprint density at radius 2 is 2.00 bits per heavy atom. The Labute approximate surface area is 102 Å². The summed E-state index contributed by atoms with van der Waals surface area (Å²) in [4.78, 5) is 17.2. The lowest BCUT2D eigenvalue weighted by Gasteiger charge is -2.28. The van der Waals surface area contributed by atoms with Gasteiger partial charge < -0.3 is 4.90 Å². The zero-order valence-electron chi connectivity index (χ0n) is 10.5. The number of carbonyl (C=O) groups excluding carboxylic acids is 1. The molecule has 4 rings (SSSR count). The fourth-order valence-electron chi connectivity index (χ4n) is 3.69. The van der Waals surface area contributed by atoms with Gasteiger partial charge in [0, 0.05) is 25.2 Å². The van der Waals surface area contributed by atoms with Crippen molar-refractivity contribution in [2.75, 3.05) is 13.1 Å². The van der Waals surface area contributed by atoms with E-state index in [0.717, 1.165) is 25.4 Å². The highest BCUT2D eigenvalue weighted by atomic mass is 16.2. The number of nitrogens with one attached hydrogen (secondary N) is 1. The largest absolute Gasteiger partial charge is 0.322 e. The van der Waals surface area contributed by atoms with Crippen LogP contribution < -0.4 is 5.32 Å². The topological polar surface area (TPSA) is 35.6 Å². The van der Waals surface area contributed by atoms with Gasteiger partial charge in [0.15, 0.2) is 0 Å². The molecule has 17 heavy (non-hydrogen) atoms. The average molecular weight is 235 g/mol. The van der Waals surface area contributed by atoms with Gasteiger partial charge >= 0.3 is 0 Å². The molecule has 94 valence electrons. The number of rotatable bonds is 2. The maximum atomic E-state index is 12.4. The van der Waals surface area contributed by atoms with Gasteiger partial charge in [0.25, 0.3) is 0 Å². The molecule has 2 heterocycles. The van der Waals surface area contributed by atoms with Crippen LogP contribution in [0.5, 0.6) is 0 Å². The van der Waals surface area contributed by atoms with Crippen molar-refractivity contribution in [2.45, 2.75) is 62.8 Å². The SMILES string of the molecule is CC1NC2(CC2)C(=O)N1C1CCN(C2CC2)C1. The fraction of sp³-hybridized carbons (Fsp3) is 0.923. The Bertz CT molecular complexity index is 362. The maximum absolute atomic E-state index is 12.4. The molecule has 0 bridgehead atoms. The van der Waals surface area contributed by atoms with Crippen molar-refractivity contribution in [3.05, 3.63) is 0 Å². The lowest BCUT2D eigenvalue weighted by Crippen LogP contribution is -2.44. The van der Waals surface area contributed by atoms with Crippen molar-refractivity contribution < 1.29 is 4.79 Å². The zero-order valence-corrected chi connectivity index (χ0v) is 10.5. The van der Waals surface area contributed by atoms with E-state index >= 15 is 0 Å². The minimum atomic E-state index is -0.133. The second-order valence-electron chi connectivity index (χ2n) is 6.28. The molecule has 0 aromatic carbocycles. The molecule has 4 fully saturated rings. The predicted molar refractivity (Wildman–Crippen MR) is 64.4 cm³/mol. The van der Waals surface area contributed by atoms with Gasteiger partial charge in [-0.25, -0.2) is 0 Å². The molecule has 1 N–H and O–H groups in total. The highest BCUT2D eigenvalue weighted by Gasteiger charge is 2.59. The van der Waals surface area contributed by atoms with E-state index in [1.54, 1.807) is 0 Å². The molecule has 0 radical (unpaired) electrons. The molecule has 0 aromatic heterocycles. The van der Waals surface area contributed by atoms with Crippen LogP contribution >= 0.6 is 0 Å². The Morgan fingerprint density at radius 3 is 2.59 bits per heavy atom. The van der Waals surface area contributed by atoms with Gasteiger partial charge in [0.05, 0.1) is 11.7 Å². The van der Waals surface area contributed by atoms with E-state index in [1.165, 1.54) is 25.8 Å². The van der Waals surface area contributed by atoms with Crippen molar-refractivity contribution in [1.82, 2.24) is 15.1 Å². The van der Waals surface area contributed by atoms with Crippen molar-refractivity contribution in [2.24, 2.45) is 0 Å². The summed E-state index contributed by atoms with van der Waals surface area (Å²) >= 11 is 0. The van der Waals surface area contributed by atoms with Crippen molar-refractivity contribution >= 4 is 5.91 Å². The molecular formula is C13H21N3O. The first-order valence-corrected chi connectivity index (χ1v) is 7.04. The normalized spacial score (nSPS) is 40.5. The van der Waals surface area contributed by atoms with Crippen molar-refractivity contribution in [1.29, 1.82) is 0 Å². The van der Waals surface area contributed by atoms with E-state index in [4.69, 9.17) is 0 Å². The van der Waals surface area contributed by atoms with E-state index in [-0.39, 0.29) is 11.7 Å². The lowest BCUT2D eigenvalue weighted by atomic mass is 10.2. The molecule has 1 amide bonds. The minimum Gasteiger partial charge on any atom is -0.322 e. The molecule has 2 atom stereocenters. The monoisotopic (exact) mass is 235 g/mol. The lowest BCUT2D eigenvalue weighted by molar-refractivity contribution is -0.132. The molecule has 0 aromatic rings. The van der Waals surface area contributed by atoms with Crippen LogP contribution in [-0.2, 0) is 4.79 Å². The van der Waals surface area contributed by atoms with Crippen LogP contribution in [0.4, 0.5) is 0 Å². The number of hydrogen-bond donors (Lipinski definition) is 1. The van der Waals surface area contributed by atoms with Crippen LogP contribution in [0.1, 0.15) is 39.0 Å². The number of nitrogens with zero attached hydrogens (tertiary/aromatic N) is 2. The first-order chi connectivity index (χ1) is 8.20. The molecule has 2 aliphatic carbocycles. The van der Waals surface area contributed by atoms with Crippen LogP contribution in [0.15, 0.2) is 0 Å². The number of carbonyl (C=O) groups is 1. The van der Waals surface area contributed by atoms with Crippen molar-refractivity contribution in [3.63, 3.8) is 0 Å². The highest BCUT2D eigenvalue weighted by molar-refractivity contribution is 5.92. The molecule has 1 spiro atoms. The maximum Gasteiger partial charge on any atom is 0.244 e. The summed E-state index contributed by atoms with van der Waals surface area (Å²) in [6, 6.07) is 1.31. The van der Waals surface area contributed by atoms with Crippen LogP contribution in [0.25, 0.3) is 0 Å². The van der Waals surface area contributed by atoms with E-state index in [9.17, 15) is 4.79 Å². The minimum absolute atomic E-state index is 0.133. The molecule has 2 saturated heterocycles. The molecule has 4 nitrogen and oxygen atoms in total. The quantitative estimate of drug-likeness (QED) is 0.758. The van der Waals surface area contributed by atoms with E-state index in [1.807, 2.05) is 0 Å². The van der Waals surface area contributed by atoms with Gasteiger partial charge in [-0.3, -0.25) is 15.0 Å². The number of likely N-dealkylation sites (tertiary alicyclic amines) is 1. The van der Waals surface area contributed by atoms with Gasteiger partial charge in [0.1, 0.15) is 0 Å². The predicted octanol–water partition coefficient (Wildman–Crippen LogP) is 0.534. The van der Waals surface area contributed by atoms with Crippen molar-refractivity contribution in [3.8, 4) is 0 Å². The number of amides is 1. The first-order valence-electron chi connectivity index (χ1n) is 7.04. The summed E-state index contributed by atoms with van der Waals surface area (Å²) in [6.45, 7) is 4.45. The zero-order chi connectivity index (χ0) is 11.6. The smallest absolute Gasteiger partial charge is 0.244 e. The Balaban J connectivity index is 1.49. The second-order valence-corrected chi connectivity index (χ2v) is 6.28. The van der Waals surface area contributed by atoms with Gasteiger partial charge in [0.2, 0.25) is 5.91 Å². The summed E-state index contributed by atoms with van der Waals surface area (Å²) in [6.07, 6.45) is 6.26. The summed E-state index contributed by atoms with van der Waals surface area (Å²) in [5.74, 6) is 0.382. The van der Waals surface area contributed by atoms with E-state index in [0.29, 0.717) is 11.9 Å². The van der Waals surface area contributed by atoms with Gasteiger partial charge in [-0.2, -0.15) is 0 Å². The summed E-state index contributed by atoms with van der Waals surface area (Å²) in [5, 5.41) is 3.50. The molecule has 2 aliphatic heterocycles.